The van der Waals surface area contributed by atoms with Gasteiger partial charge in [0.05, 0.1) is 17.3 Å². The molecule has 0 atom stereocenters. The molecule has 1 aromatic heterocycles. The first-order chi connectivity index (χ1) is 9.77. The van der Waals surface area contributed by atoms with Crippen molar-refractivity contribution in [3.8, 4) is 0 Å². The molecule has 21 heavy (non-hydrogen) atoms. The molecule has 1 heterocycles. The van der Waals surface area contributed by atoms with Gasteiger partial charge in [-0.25, -0.2) is 8.42 Å². The number of halogens is 1. The Morgan fingerprint density at radius 1 is 1.24 bits per heavy atom. The van der Waals surface area contributed by atoms with Crippen LogP contribution < -0.4 is 4.72 Å². The summed E-state index contributed by atoms with van der Waals surface area (Å²) >= 11 is 6.04. The van der Waals surface area contributed by atoms with Crippen LogP contribution >= 0.6 is 11.6 Å². The summed E-state index contributed by atoms with van der Waals surface area (Å²) in [6.07, 6.45) is 0. The molecule has 0 aliphatic rings. The fourth-order valence-corrected chi connectivity index (χ4v) is 4.11. The molecule has 0 radical (unpaired) electrons. The monoisotopic (exact) mass is 329 g/mol. The van der Waals surface area contributed by atoms with Crippen molar-refractivity contribution in [3.05, 3.63) is 45.9 Å². The number of aliphatic hydroxyl groups is 1. The molecule has 0 saturated heterocycles. The van der Waals surface area contributed by atoms with Gasteiger partial charge in [0.15, 0.2) is 0 Å². The third kappa shape index (κ3) is 2.92. The number of aliphatic hydroxyl groups excluding tert-OH is 1. The lowest BCUT2D eigenvalue weighted by atomic mass is 10.2. The molecule has 7 heteroatoms. The van der Waals surface area contributed by atoms with Gasteiger partial charge in [-0.05, 0) is 32.4 Å². The van der Waals surface area contributed by atoms with Gasteiger partial charge in [-0.1, -0.05) is 23.7 Å². The van der Waals surface area contributed by atoms with E-state index in [1.54, 1.807) is 39.0 Å². The standard InChI is InChI=1S/C14H16ClNO4S/c1-8-5-4-6-12(15)13(8)16-21(18,19)14-10(3)20-9(2)11(14)7-17/h4-6,16-17H,7H2,1-3H3. The lowest BCUT2D eigenvalue weighted by Crippen LogP contribution is -2.16. The highest BCUT2D eigenvalue weighted by Gasteiger charge is 2.27. The van der Waals surface area contributed by atoms with E-state index < -0.39 is 16.6 Å². The van der Waals surface area contributed by atoms with Gasteiger partial charge in [0.2, 0.25) is 0 Å². The summed E-state index contributed by atoms with van der Waals surface area (Å²) in [6.45, 7) is 4.49. The highest BCUT2D eigenvalue weighted by atomic mass is 35.5. The van der Waals surface area contributed by atoms with E-state index in [2.05, 4.69) is 4.72 Å². The number of para-hydroxylation sites is 1. The van der Waals surface area contributed by atoms with E-state index in [1.807, 2.05) is 0 Å². The summed E-state index contributed by atoms with van der Waals surface area (Å²) in [5.41, 5.74) is 1.28. The molecule has 2 rings (SSSR count). The molecule has 5 nitrogen and oxygen atoms in total. The second-order valence-corrected chi connectivity index (χ2v) is 6.74. The highest BCUT2D eigenvalue weighted by Crippen LogP contribution is 2.32. The molecular formula is C14H16ClNO4S. The third-order valence-electron chi connectivity index (χ3n) is 3.21. The van der Waals surface area contributed by atoms with E-state index in [-0.39, 0.29) is 16.2 Å². The van der Waals surface area contributed by atoms with Crippen LogP contribution in [0.1, 0.15) is 22.6 Å². The van der Waals surface area contributed by atoms with E-state index in [0.29, 0.717) is 22.0 Å². The molecule has 2 aromatic rings. The van der Waals surface area contributed by atoms with Crippen LogP contribution in [0.3, 0.4) is 0 Å². The van der Waals surface area contributed by atoms with Crippen LogP contribution in [0.5, 0.6) is 0 Å². The van der Waals surface area contributed by atoms with Gasteiger partial charge >= 0.3 is 0 Å². The van der Waals surface area contributed by atoms with Crippen LogP contribution in [0, 0.1) is 20.8 Å². The zero-order valence-electron chi connectivity index (χ0n) is 11.9. The fraction of sp³-hybridized carbons (Fsp3) is 0.286. The van der Waals surface area contributed by atoms with E-state index in [9.17, 15) is 13.5 Å². The van der Waals surface area contributed by atoms with Crippen molar-refractivity contribution in [2.45, 2.75) is 32.3 Å². The smallest absolute Gasteiger partial charge is 0.265 e. The molecule has 0 amide bonds. The molecule has 0 spiro atoms. The van der Waals surface area contributed by atoms with E-state index >= 15 is 0 Å². The first-order valence-corrected chi connectivity index (χ1v) is 8.11. The minimum Gasteiger partial charge on any atom is -0.465 e. The Morgan fingerprint density at radius 2 is 1.90 bits per heavy atom. The van der Waals surface area contributed by atoms with Gasteiger partial charge < -0.3 is 9.52 Å². The van der Waals surface area contributed by atoms with Crippen molar-refractivity contribution in [1.29, 1.82) is 0 Å². The Hall–Kier alpha value is -1.50. The molecule has 2 N–H and O–H groups in total. The van der Waals surface area contributed by atoms with Crippen molar-refractivity contribution in [3.63, 3.8) is 0 Å². The van der Waals surface area contributed by atoms with Crippen LogP contribution in [-0.4, -0.2) is 13.5 Å². The SMILES string of the molecule is Cc1cccc(Cl)c1NS(=O)(=O)c1c(C)oc(C)c1CO. The lowest BCUT2D eigenvalue weighted by molar-refractivity contribution is 0.276. The van der Waals surface area contributed by atoms with Gasteiger partial charge in [0, 0.05) is 5.56 Å². The summed E-state index contributed by atoms with van der Waals surface area (Å²) in [4.78, 5) is -0.0400. The van der Waals surface area contributed by atoms with E-state index in [0.717, 1.165) is 0 Å². The zero-order valence-corrected chi connectivity index (χ0v) is 13.5. The highest BCUT2D eigenvalue weighted by molar-refractivity contribution is 7.92. The number of hydrogen-bond acceptors (Lipinski definition) is 4. The minimum absolute atomic E-state index is 0.0400. The largest absolute Gasteiger partial charge is 0.465 e. The predicted octanol–water partition coefficient (Wildman–Crippen LogP) is 3.15. The molecular weight excluding hydrogens is 314 g/mol. The quantitative estimate of drug-likeness (QED) is 0.903. The van der Waals surface area contributed by atoms with Gasteiger partial charge in [-0.15, -0.1) is 0 Å². The van der Waals surface area contributed by atoms with Crippen LogP contribution in [0.15, 0.2) is 27.5 Å². The zero-order chi connectivity index (χ0) is 15.8. The van der Waals surface area contributed by atoms with Crippen molar-refractivity contribution in [2.24, 2.45) is 0 Å². The molecule has 0 unspecified atom stereocenters. The number of anilines is 1. The summed E-state index contributed by atoms with van der Waals surface area (Å²) < 4.78 is 32.9. The Kier molecular flexibility index (Phi) is 4.32. The Bertz CT molecular complexity index is 760. The predicted molar refractivity (Wildman–Crippen MR) is 81.1 cm³/mol. The van der Waals surface area contributed by atoms with E-state index in [4.69, 9.17) is 16.0 Å². The average molecular weight is 330 g/mol. The first-order valence-electron chi connectivity index (χ1n) is 6.25. The van der Waals surface area contributed by atoms with Gasteiger partial charge in [-0.3, -0.25) is 4.72 Å². The minimum atomic E-state index is -3.90. The van der Waals surface area contributed by atoms with Gasteiger partial charge in [-0.2, -0.15) is 0 Å². The molecule has 0 aliphatic carbocycles. The third-order valence-corrected chi connectivity index (χ3v) is 5.07. The lowest BCUT2D eigenvalue weighted by Gasteiger charge is -2.12. The maximum atomic E-state index is 12.6. The number of hydrogen-bond donors (Lipinski definition) is 2. The van der Waals surface area contributed by atoms with E-state index in [1.165, 1.54) is 0 Å². The topological polar surface area (TPSA) is 79.5 Å². The number of benzene rings is 1. The molecule has 114 valence electrons. The second-order valence-electron chi connectivity index (χ2n) is 4.72. The Labute approximate surface area is 128 Å². The van der Waals surface area contributed by atoms with Crippen LogP contribution in [0.2, 0.25) is 5.02 Å². The first kappa shape index (κ1) is 15.9. The maximum absolute atomic E-state index is 12.6. The van der Waals surface area contributed by atoms with Crippen molar-refractivity contribution >= 4 is 27.3 Å². The van der Waals surface area contributed by atoms with Gasteiger partial charge in [0.1, 0.15) is 16.4 Å². The van der Waals surface area contributed by atoms with Crippen LogP contribution in [-0.2, 0) is 16.6 Å². The summed E-state index contributed by atoms with van der Waals surface area (Å²) in [6, 6.07) is 5.10. The van der Waals surface area contributed by atoms with Crippen molar-refractivity contribution in [2.75, 3.05) is 4.72 Å². The summed E-state index contributed by atoms with van der Waals surface area (Å²) in [5.74, 6) is 0.611. The number of sulfonamides is 1. The molecule has 0 saturated carbocycles. The fourth-order valence-electron chi connectivity index (χ4n) is 2.19. The average Bonchev–Trinajstić information content (AvgIpc) is 2.69. The molecule has 0 bridgehead atoms. The second kappa shape index (κ2) is 5.71. The summed E-state index contributed by atoms with van der Waals surface area (Å²) in [7, 11) is -3.90. The summed E-state index contributed by atoms with van der Waals surface area (Å²) in [5, 5.41) is 9.68. The van der Waals surface area contributed by atoms with Crippen LogP contribution in [0.25, 0.3) is 0 Å². The Balaban J connectivity index is 2.54. The van der Waals surface area contributed by atoms with Crippen molar-refractivity contribution in [1.82, 2.24) is 0 Å². The van der Waals surface area contributed by atoms with Crippen LogP contribution in [0.4, 0.5) is 5.69 Å². The number of rotatable bonds is 4. The molecule has 1 aromatic carbocycles. The maximum Gasteiger partial charge on any atom is 0.265 e. The van der Waals surface area contributed by atoms with Crippen molar-refractivity contribution < 1.29 is 17.9 Å². The van der Waals surface area contributed by atoms with Gasteiger partial charge in [0.25, 0.3) is 10.0 Å². The number of nitrogens with one attached hydrogen (secondary N) is 1. The molecule has 0 fully saturated rings. The normalized spacial score (nSPS) is 11.7. The number of aryl methyl sites for hydroxylation is 3. The Morgan fingerprint density at radius 3 is 2.48 bits per heavy atom. The molecule has 0 aliphatic heterocycles. The number of furan rings is 1.